The summed E-state index contributed by atoms with van der Waals surface area (Å²) >= 11 is 1.28. The summed E-state index contributed by atoms with van der Waals surface area (Å²) in [4.78, 5) is 25.1. The van der Waals surface area contributed by atoms with Crippen LogP contribution in [0.3, 0.4) is 0 Å². The SMILES string of the molecule is CC(C)(C)N(C(=O)O)[C@H](CNc1nnc(-c2ccc3c(c2)CC(=O)N3)s1)Cc1ccc(C(F)(F)F)cc1. The van der Waals surface area contributed by atoms with E-state index in [1.54, 1.807) is 20.8 Å². The molecule has 0 aliphatic carbocycles. The lowest BCUT2D eigenvalue weighted by Gasteiger charge is -2.40. The number of carboxylic acid groups (broad SMARTS) is 1. The number of amides is 2. The third-order valence-electron chi connectivity index (χ3n) is 5.94. The molecule has 0 radical (unpaired) electrons. The minimum atomic E-state index is -4.45. The highest BCUT2D eigenvalue weighted by molar-refractivity contribution is 7.18. The predicted molar refractivity (Wildman–Crippen MR) is 135 cm³/mol. The number of carbonyl (C=O) groups is 2. The maximum absolute atomic E-state index is 13.0. The van der Waals surface area contributed by atoms with Gasteiger partial charge in [0, 0.05) is 23.3 Å². The van der Waals surface area contributed by atoms with E-state index in [9.17, 15) is 27.9 Å². The van der Waals surface area contributed by atoms with E-state index in [-0.39, 0.29) is 18.9 Å². The van der Waals surface area contributed by atoms with Crippen LogP contribution >= 0.6 is 11.3 Å². The lowest BCUT2D eigenvalue weighted by molar-refractivity contribution is -0.137. The van der Waals surface area contributed by atoms with E-state index in [4.69, 9.17) is 0 Å². The topological polar surface area (TPSA) is 107 Å². The number of nitrogens with one attached hydrogen (secondary N) is 2. The summed E-state index contributed by atoms with van der Waals surface area (Å²) in [5.74, 6) is -0.0623. The number of rotatable bonds is 7. The molecule has 12 heteroatoms. The van der Waals surface area contributed by atoms with Crippen LogP contribution in [0.2, 0.25) is 0 Å². The van der Waals surface area contributed by atoms with Crippen molar-refractivity contribution in [3.05, 3.63) is 59.2 Å². The Labute approximate surface area is 215 Å². The number of halogens is 3. The second kappa shape index (κ2) is 10.0. The number of hydrogen-bond acceptors (Lipinski definition) is 6. The maximum atomic E-state index is 13.0. The zero-order valence-electron chi connectivity index (χ0n) is 20.4. The van der Waals surface area contributed by atoms with Crippen molar-refractivity contribution in [1.82, 2.24) is 15.1 Å². The molecular weight excluding hydrogens is 507 g/mol. The quantitative estimate of drug-likeness (QED) is 0.369. The molecule has 37 heavy (non-hydrogen) atoms. The monoisotopic (exact) mass is 533 g/mol. The van der Waals surface area contributed by atoms with Crippen molar-refractivity contribution in [1.29, 1.82) is 0 Å². The first-order chi connectivity index (χ1) is 17.3. The van der Waals surface area contributed by atoms with E-state index < -0.39 is 29.4 Å². The van der Waals surface area contributed by atoms with Gasteiger partial charge in [0.1, 0.15) is 5.01 Å². The van der Waals surface area contributed by atoms with Crippen molar-refractivity contribution in [3.63, 3.8) is 0 Å². The van der Waals surface area contributed by atoms with Gasteiger partial charge in [0.25, 0.3) is 0 Å². The summed E-state index contributed by atoms with van der Waals surface area (Å²) in [6, 6.07) is 9.68. The fraction of sp³-hybridized carbons (Fsp3) is 0.360. The maximum Gasteiger partial charge on any atom is 0.416 e. The van der Waals surface area contributed by atoms with Gasteiger partial charge >= 0.3 is 12.3 Å². The molecule has 0 bridgehead atoms. The number of hydrogen-bond donors (Lipinski definition) is 3. The molecule has 2 amide bonds. The molecule has 1 aliphatic rings. The van der Waals surface area contributed by atoms with Crippen LogP contribution in [-0.4, -0.2) is 50.3 Å². The van der Waals surface area contributed by atoms with Crippen molar-refractivity contribution in [3.8, 4) is 10.6 Å². The zero-order valence-corrected chi connectivity index (χ0v) is 21.2. The van der Waals surface area contributed by atoms with Crippen LogP contribution in [0.25, 0.3) is 10.6 Å². The van der Waals surface area contributed by atoms with E-state index in [0.29, 0.717) is 22.1 Å². The summed E-state index contributed by atoms with van der Waals surface area (Å²) in [7, 11) is 0. The molecule has 0 spiro atoms. The molecule has 3 aromatic rings. The third kappa shape index (κ3) is 6.19. The molecule has 1 aromatic heterocycles. The van der Waals surface area contributed by atoms with Crippen molar-refractivity contribution in [2.45, 2.75) is 51.4 Å². The largest absolute Gasteiger partial charge is 0.465 e. The van der Waals surface area contributed by atoms with Gasteiger partial charge in [-0.3, -0.25) is 9.69 Å². The first-order valence-corrected chi connectivity index (χ1v) is 12.3. The highest BCUT2D eigenvalue weighted by Crippen LogP contribution is 2.33. The van der Waals surface area contributed by atoms with Crippen LogP contribution in [-0.2, 0) is 23.8 Å². The van der Waals surface area contributed by atoms with Crippen molar-refractivity contribution >= 4 is 34.2 Å². The summed E-state index contributed by atoms with van der Waals surface area (Å²) in [6.45, 7) is 5.45. The molecule has 2 heterocycles. The van der Waals surface area contributed by atoms with Crippen LogP contribution in [0.5, 0.6) is 0 Å². The summed E-state index contributed by atoms with van der Waals surface area (Å²) in [6.07, 6.45) is -5.08. The second-order valence-corrected chi connectivity index (χ2v) is 10.7. The standard InChI is InChI=1S/C25H26F3N5O3S/c1-24(2,3)33(23(35)36)18(10-14-4-7-17(8-5-14)25(26,27)28)13-29-22-32-31-21(37-22)15-6-9-19-16(11-15)12-20(34)30-19/h4-9,11,18H,10,12-13H2,1-3H3,(H,29,32)(H,30,34)(H,35,36)/t18-/m0/s1. The van der Waals surface area contributed by atoms with Gasteiger partial charge in [-0.05, 0) is 68.7 Å². The molecule has 1 atom stereocenters. The average molecular weight is 534 g/mol. The number of benzene rings is 2. The molecule has 2 aromatic carbocycles. The fourth-order valence-electron chi connectivity index (χ4n) is 4.33. The van der Waals surface area contributed by atoms with Gasteiger partial charge in [-0.15, -0.1) is 10.2 Å². The number of aromatic nitrogens is 2. The highest BCUT2D eigenvalue weighted by atomic mass is 32.1. The first kappa shape index (κ1) is 26.4. The zero-order chi connectivity index (χ0) is 27.0. The Morgan fingerprint density at radius 3 is 2.49 bits per heavy atom. The Hall–Kier alpha value is -3.67. The van der Waals surface area contributed by atoms with Crippen LogP contribution in [0.1, 0.15) is 37.5 Å². The van der Waals surface area contributed by atoms with Gasteiger partial charge in [-0.1, -0.05) is 23.5 Å². The number of fused-ring (bicyclic) bond motifs is 1. The van der Waals surface area contributed by atoms with Gasteiger partial charge in [0.2, 0.25) is 11.0 Å². The lowest BCUT2D eigenvalue weighted by Crippen LogP contribution is -2.54. The third-order valence-corrected chi connectivity index (χ3v) is 6.87. The molecular formula is C25H26F3N5O3S. The number of alkyl halides is 3. The van der Waals surface area contributed by atoms with E-state index in [1.165, 1.54) is 28.4 Å². The van der Waals surface area contributed by atoms with Gasteiger partial charge in [0.15, 0.2) is 0 Å². The van der Waals surface area contributed by atoms with Crippen LogP contribution in [0.15, 0.2) is 42.5 Å². The van der Waals surface area contributed by atoms with Crippen molar-refractivity contribution in [2.75, 3.05) is 17.2 Å². The highest BCUT2D eigenvalue weighted by Gasteiger charge is 2.34. The van der Waals surface area contributed by atoms with Crippen molar-refractivity contribution < 1.29 is 27.9 Å². The molecule has 0 saturated carbocycles. The summed E-state index contributed by atoms with van der Waals surface area (Å²) in [5, 5.41) is 25.4. The van der Waals surface area contributed by atoms with E-state index in [2.05, 4.69) is 20.8 Å². The Bertz CT molecular complexity index is 1300. The molecule has 1 aliphatic heterocycles. The lowest BCUT2D eigenvalue weighted by atomic mass is 9.98. The average Bonchev–Trinajstić information content (AvgIpc) is 3.41. The van der Waals surface area contributed by atoms with E-state index in [1.807, 2.05) is 18.2 Å². The molecule has 196 valence electrons. The molecule has 0 fully saturated rings. The first-order valence-electron chi connectivity index (χ1n) is 11.5. The smallest absolute Gasteiger partial charge is 0.416 e. The second-order valence-electron chi connectivity index (χ2n) is 9.77. The van der Waals surface area contributed by atoms with E-state index in [0.717, 1.165) is 28.9 Å². The van der Waals surface area contributed by atoms with Crippen molar-refractivity contribution in [2.24, 2.45) is 0 Å². The molecule has 0 saturated heterocycles. The van der Waals surface area contributed by atoms with Gasteiger partial charge in [-0.25, -0.2) is 4.79 Å². The minimum Gasteiger partial charge on any atom is -0.465 e. The Kier molecular flexibility index (Phi) is 7.13. The normalized spacial score (nSPS) is 14.2. The minimum absolute atomic E-state index is 0.0623. The van der Waals surface area contributed by atoms with Crippen LogP contribution < -0.4 is 10.6 Å². The van der Waals surface area contributed by atoms with Gasteiger partial charge in [-0.2, -0.15) is 13.2 Å². The Balaban J connectivity index is 1.52. The number of nitrogens with zero attached hydrogens (tertiary/aromatic N) is 3. The van der Waals surface area contributed by atoms with E-state index >= 15 is 0 Å². The Morgan fingerprint density at radius 2 is 1.86 bits per heavy atom. The molecule has 3 N–H and O–H groups in total. The Morgan fingerprint density at radius 1 is 1.16 bits per heavy atom. The van der Waals surface area contributed by atoms with Crippen LogP contribution in [0, 0.1) is 0 Å². The number of anilines is 2. The molecule has 0 unspecified atom stereocenters. The predicted octanol–water partition coefficient (Wildman–Crippen LogP) is 5.52. The molecule has 4 rings (SSSR count). The summed E-state index contributed by atoms with van der Waals surface area (Å²) in [5.41, 5.74) is 1.53. The van der Waals surface area contributed by atoms with Gasteiger partial charge < -0.3 is 15.7 Å². The van der Waals surface area contributed by atoms with Gasteiger partial charge in [0.05, 0.1) is 18.0 Å². The fourth-order valence-corrected chi connectivity index (χ4v) is 5.07. The van der Waals surface area contributed by atoms with Crippen LogP contribution in [0.4, 0.5) is 28.8 Å². The molecule has 8 nitrogen and oxygen atoms in total. The number of carbonyl (C=O) groups excluding carboxylic acids is 1. The summed E-state index contributed by atoms with van der Waals surface area (Å²) < 4.78 is 38.9.